The molecule has 0 spiro atoms. The van der Waals surface area contributed by atoms with Crippen LogP contribution in [0.15, 0.2) is 66.5 Å². The summed E-state index contributed by atoms with van der Waals surface area (Å²) in [6, 6.07) is 8.85. The van der Waals surface area contributed by atoms with Crippen LogP contribution in [0.1, 0.15) is 10.4 Å². The molecular weight excluding hydrogens is 256 g/mol. The highest BCUT2D eigenvalue weighted by atomic mass is 16.6. The number of rotatable bonds is 4. The van der Waals surface area contributed by atoms with Gasteiger partial charge < -0.3 is 14.9 Å². The van der Waals surface area contributed by atoms with Crippen LogP contribution < -0.4 is 0 Å². The summed E-state index contributed by atoms with van der Waals surface area (Å²) >= 11 is 0. The van der Waals surface area contributed by atoms with Crippen molar-refractivity contribution in [2.75, 3.05) is 7.11 Å². The van der Waals surface area contributed by atoms with Gasteiger partial charge in [0.1, 0.15) is 5.76 Å². The zero-order valence-corrected chi connectivity index (χ0v) is 11.1. The third kappa shape index (κ3) is 3.04. The van der Waals surface area contributed by atoms with Gasteiger partial charge in [-0.15, -0.1) is 0 Å². The number of hydrogen-bond acceptors (Lipinski definition) is 4. The molecule has 4 heteroatoms. The number of benzene rings is 1. The second kappa shape index (κ2) is 5.86. The fourth-order valence-electron chi connectivity index (χ4n) is 1.98. The summed E-state index contributed by atoms with van der Waals surface area (Å²) in [6.07, 6.45) is 7.18. The number of ether oxygens (including phenoxy) is 1. The Bertz CT molecular complexity index is 571. The van der Waals surface area contributed by atoms with Gasteiger partial charge in [0.2, 0.25) is 0 Å². The Kier molecular flexibility index (Phi) is 4.17. The van der Waals surface area contributed by atoms with Crippen molar-refractivity contribution in [3.05, 3.63) is 72.0 Å². The maximum Gasteiger partial charge on any atom is 0.198 e. The molecule has 0 radical (unpaired) electrons. The van der Waals surface area contributed by atoms with Crippen LogP contribution in [0.2, 0.25) is 0 Å². The van der Waals surface area contributed by atoms with Crippen LogP contribution in [0.3, 0.4) is 0 Å². The molecule has 2 N–H and O–H groups in total. The van der Waals surface area contributed by atoms with Crippen molar-refractivity contribution in [2.24, 2.45) is 5.92 Å². The van der Waals surface area contributed by atoms with Gasteiger partial charge in [-0.3, -0.25) is 4.79 Å². The van der Waals surface area contributed by atoms with Gasteiger partial charge in [-0.25, -0.2) is 0 Å². The van der Waals surface area contributed by atoms with E-state index in [1.807, 2.05) is 6.07 Å². The number of methoxy groups -OCH3 is 1. The van der Waals surface area contributed by atoms with E-state index in [1.165, 1.54) is 25.3 Å². The first-order valence-corrected chi connectivity index (χ1v) is 6.20. The van der Waals surface area contributed by atoms with Gasteiger partial charge in [0.25, 0.3) is 0 Å². The van der Waals surface area contributed by atoms with Crippen LogP contribution >= 0.6 is 0 Å². The van der Waals surface area contributed by atoms with E-state index >= 15 is 0 Å². The van der Waals surface area contributed by atoms with Crippen molar-refractivity contribution in [1.82, 2.24) is 0 Å². The van der Waals surface area contributed by atoms with Crippen LogP contribution in [-0.4, -0.2) is 28.9 Å². The number of carbonyl (C=O) groups is 1. The largest absolute Gasteiger partial charge is 0.508 e. The topological polar surface area (TPSA) is 66.8 Å². The van der Waals surface area contributed by atoms with Gasteiger partial charge in [0, 0.05) is 18.7 Å². The predicted octanol–water partition coefficient (Wildman–Crippen LogP) is 2.39. The van der Waals surface area contributed by atoms with Crippen LogP contribution in [0.25, 0.3) is 0 Å². The van der Waals surface area contributed by atoms with E-state index in [9.17, 15) is 15.0 Å². The SMILES string of the molecule is COC1(O)C=C(O)C=CC1/C=C/C(=O)c1ccccc1. The Balaban J connectivity index is 2.15. The Morgan fingerprint density at radius 1 is 1.35 bits per heavy atom. The minimum absolute atomic E-state index is 0.0756. The van der Waals surface area contributed by atoms with Gasteiger partial charge in [-0.05, 0) is 12.2 Å². The molecule has 1 aromatic rings. The molecule has 0 fully saturated rings. The first-order chi connectivity index (χ1) is 9.55. The van der Waals surface area contributed by atoms with Crippen molar-refractivity contribution in [1.29, 1.82) is 0 Å². The van der Waals surface area contributed by atoms with Crippen LogP contribution in [-0.2, 0) is 4.74 Å². The predicted molar refractivity (Wildman–Crippen MR) is 75.2 cm³/mol. The van der Waals surface area contributed by atoms with Crippen LogP contribution in [0.4, 0.5) is 0 Å². The molecule has 0 aliphatic heterocycles. The molecule has 1 aliphatic carbocycles. The van der Waals surface area contributed by atoms with Crippen molar-refractivity contribution in [3.63, 3.8) is 0 Å². The van der Waals surface area contributed by atoms with Crippen molar-refractivity contribution < 1.29 is 19.7 Å². The molecule has 4 nitrogen and oxygen atoms in total. The maximum atomic E-state index is 12.0. The van der Waals surface area contributed by atoms with Crippen LogP contribution in [0.5, 0.6) is 0 Å². The molecule has 0 aromatic heterocycles. The fourth-order valence-corrected chi connectivity index (χ4v) is 1.98. The van der Waals surface area contributed by atoms with Crippen LogP contribution in [0, 0.1) is 5.92 Å². The second-order valence-corrected chi connectivity index (χ2v) is 4.50. The molecule has 0 bridgehead atoms. The van der Waals surface area contributed by atoms with E-state index in [1.54, 1.807) is 36.4 Å². The van der Waals surface area contributed by atoms with Gasteiger partial charge in [-0.2, -0.15) is 0 Å². The number of aliphatic hydroxyl groups is 2. The highest BCUT2D eigenvalue weighted by molar-refractivity contribution is 6.04. The maximum absolute atomic E-state index is 12.0. The smallest absolute Gasteiger partial charge is 0.198 e. The highest BCUT2D eigenvalue weighted by Crippen LogP contribution is 2.28. The molecule has 1 aromatic carbocycles. The third-order valence-corrected chi connectivity index (χ3v) is 3.15. The third-order valence-electron chi connectivity index (χ3n) is 3.15. The quantitative estimate of drug-likeness (QED) is 0.502. The van der Waals surface area contributed by atoms with E-state index in [0.29, 0.717) is 5.56 Å². The van der Waals surface area contributed by atoms with E-state index in [-0.39, 0.29) is 11.5 Å². The minimum atomic E-state index is -1.65. The van der Waals surface area contributed by atoms with Crippen molar-refractivity contribution in [3.8, 4) is 0 Å². The van der Waals surface area contributed by atoms with E-state index < -0.39 is 11.7 Å². The summed E-state index contributed by atoms with van der Waals surface area (Å²) in [5, 5.41) is 19.6. The van der Waals surface area contributed by atoms with Gasteiger partial charge >= 0.3 is 0 Å². The number of ketones is 1. The van der Waals surface area contributed by atoms with Gasteiger partial charge in [0.15, 0.2) is 11.6 Å². The zero-order valence-electron chi connectivity index (χ0n) is 11.1. The summed E-state index contributed by atoms with van der Waals surface area (Å²) < 4.78 is 5.01. The lowest BCUT2D eigenvalue weighted by molar-refractivity contribution is -0.164. The lowest BCUT2D eigenvalue weighted by atomic mass is 9.92. The zero-order chi connectivity index (χ0) is 14.6. The van der Waals surface area contributed by atoms with E-state index in [0.717, 1.165) is 0 Å². The highest BCUT2D eigenvalue weighted by Gasteiger charge is 2.34. The average Bonchev–Trinajstić information content (AvgIpc) is 2.47. The normalized spacial score (nSPS) is 25.7. The summed E-state index contributed by atoms with van der Waals surface area (Å²) in [5.74, 6) is -2.42. The molecular formula is C16H16O4. The molecule has 1 aliphatic rings. The van der Waals surface area contributed by atoms with Crippen molar-refractivity contribution >= 4 is 5.78 Å². The monoisotopic (exact) mass is 272 g/mol. The molecule has 0 amide bonds. The summed E-state index contributed by atoms with van der Waals surface area (Å²) in [5.41, 5.74) is 0.572. The Labute approximate surface area is 117 Å². The second-order valence-electron chi connectivity index (χ2n) is 4.50. The molecule has 0 heterocycles. The number of allylic oxidation sites excluding steroid dienone is 2. The Morgan fingerprint density at radius 3 is 2.70 bits per heavy atom. The van der Waals surface area contributed by atoms with Crippen molar-refractivity contribution in [2.45, 2.75) is 5.79 Å². The lowest BCUT2D eigenvalue weighted by Crippen LogP contribution is -2.37. The Hall–Kier alpha value is -2.17. The van der Waals surface area contributed by atoms with Gasteiger partial charge in [0.05, 0.1) is 5.92 Å². The first-order valence-electron chi connectivity index (χ1n) is 6.20. The standard InChI is InChI=1S/C16H16O4/c1-20-16(19)11-14(17)9-7-13(16)8-10-15(18)12-5-3-2-4-6-12/h2-11,13,17,19H,1H3/b10-8+. The summed E-state index contributed by atoms with van der Waals surface area (Å²) in [7, 11) is 1.34. The fraction of sp³-hybridized carbons (Fsp3) is 0.188. The molecule has 2 unspecified atom stereocenters. The molecule has 0 saturated heterocycles. The first kappa shape index (κ1) is 14.2. The average molecular weight is 272 g/mol. The minimum Gasteiger partial charge on any atom is -0.508 e. The molecule has 104 valence electrons. The molecule has 20 heavy (non-hydrogen) atoms. The number of hydrogen-bond donors (Lipinski definition) is 2. The number of aliphatic hydroxyl groups excluding tert-OH is 1. The lowest BCUT2D eigenvalue weighted by Gasteiger charge is -2.30. The molecule has 0 saturated carbocycles. The van der Waals surface area contributed by atoms with E-state index in [4.69, 9.17) is 4.74 Å². The molecule has 2 rings (SSSR count). The van der Waals surface area contributed by atoms with E-state index in [2.05, 4.69) is 0 Å². The molecule has 2 atom stereocenters. The summed E-state index contributed by atoms with van der Waals surface area (Å²) in [6.45, 7) is 0. The number of carbonyl (C=O) groups excluding carboxylic acids is 1. The van der Waals surface area contributed by atoms with Gasteiger partial charge in [-0.1, -0.05) is 42.5 Å². The summed E-state index contributed by atoms with van der Waals surface area (Å²) in [4.78, 5) is 12.0. The Morgan fingerprint density at radius 2 is 2.05 bits per heavy atom.